The fourth-order valence-corrected chi connectivity index (χ4v) is 3.19. The van der Waals surface area contributed by atoms with Gasteiger partial charge in [0.15, 0.2) is 0 Å². The molecule has 3 rings (SSSR count). The Labute approximate surface area is 158 Å². The fourth-order valence-electron chi connectivity index (χ4n) is 2.78. The molecule has 0 radical (unpaired) electrons. The monoisotopic (exact) mass is 384 g/mol. The molecule has 0 unspecified atom stereocenters. The summed E-state index contributed by atoms with van der Waals surface area (Å²) in [5.74, 6) is 0.00740. The summed E-state index contributed by atoms with van der Waals surface area (Å²) in [6, 6.07) is 15.1. The Hall–Kier alpha value is -1.26. The first-order chi connectivity index (χ1) is 11.1. The summed E-state index contributed by atoms with van der Waals surface area (Å²) in [5.41, 5.74) is 1.70. The molecule has 0 aromatic heterocycles. The predicted octanol–water partition coefficient (Wildman–Crippen LogP) is 4.37. The van der Waals surface area contributed by atoms with Gasteiger partial charge in [-0.25, -0.2) is 0 Å². The number of hydrogen-bond donors (Lipinski definition) is 0. The summed E-state index contributed by atoms with van der Waals surface area (Å²) in [4.78, 5) is 16.7. The normalized spacial score (nSPS) is 15.0. The van der Waals surface area contributed by atoms with Crippen LogP contribution in [0.4, 0.5) is 0 Å². The molecule has 1 aliphatic rings. The van der Waals surface area contributed by atoms with Gasteiger partial charge in [-0.05, 0) is 23.8 Å². The van der Waals surface area contributed by atoms with E-state index >= 15 is 0 Å². The maximum atomic E-state index is 12.5. The lowest BCUT2D eigenvalue weighted by molar-refractivity contribution is 0.0628. The van der Waals surface area contributed by atoms with E-state index in [0.717, 1.165) is 30.2 Å². The number of carbonyl (C=O) groups is 1. The topological polar surface area (TPSA) is 23.6 Å². The second-order valence-electron chi connectivity index (χ2n) is 5.64. The Bertz CT molecular complexity index is 700. The number of rotatable bonds is 3. The maximum absolute atomic E-state index is 12.5. The molecule has 0 bridgehead atoms. The van der Waals surface area contributed by atoms with E-state index in [1.165, 1.54) is 0 Å². The summed E-state index contributed by atoms with van der Waals surface area (Å²) < 4.78 is 0. The third-order valence-electron chi connectivity index (χ3n) is 4.12. The summed E-state index contributed by atoms with van der Waals surface area (Å²) in [6.45, 7) is 3.89. The Morgan fingerprint density at radius 2 is 1.46 bits per heavy atom. The first-order valence-electron chi connectivity index (χ1n) is 7.65. The fraction of sp³-hybridized carbons (Fsp3) is 0.278. The van der Waals surface area contributed by atoms with Gasteiger partial charge < -0.3 is 4.90 Å². The van der Waals surface area contributed by atoms with E-state index in [9.17, 15) is 4.79 Å². The summed E-state index contributed by atoms with van der Waals surface area (Å²) >= 11 is 12.3. The standard InChI is InChI=1S/C18H18Cl2N2O.ClH/c19-16-7-3-1-5-14(16)13-21-9-11-22(12-10-21)18(23)15-6-2-4-8-17(15)20;/h1-8H,9-13H2;1H. The molecule has 6 heteroatoms. The van der Waals surface area contributed by atoms with Crippen LogP contribution in [-0.4, -0.2) is 41.9 Å². The molecule has 0 N–H and O–H groups in total. The van der Waals surface area contributed by atoms with Crippen molar-refractivity contribution in [1.82, 2.24) is 9.80 Å². The highest BCUT2D eigenvalue weighted by Gasteiger charge is 2.23. The van der Waals surface area contributed by atoms with Crippen LogP contribution in [0, 0.1) is 0 Å². The first-order valence-corrected chi connectivity index (χ1v) is 8.40. The maximum Gasteiger partial charge on any atom is 0.255 e. The van der Waals surface area contributed by atoms with Crippen molar-refractivity contribution in [2.24, 2.45) is 0 Å². The van der Waals surface area contributed by atoms with E-state index in [1.807, 2.05) is 41.3 Å². The van der Waals surface area contributed by atoms with Gasteiger partial charge >= 0.3 is 0 Å². The van der Waals surface area contributed by atoms with Crippen LogP contribution in [0.2, 0.25) is 10.0 Å². The predicted molar refractivity (Wildman–Crippen MR) is 101 cm³/mol. The first kappa shape index (κ1) is 19.1. The highest BCUT2D eigenvalue weighted by molar-refractivity contribution is 6.33. The zero-order valence-corrected chi connectivity index (χ0v) is 15.4. The molecule has 1 aliphatic heterocycles. The highest BCUT2D eigenvalue weighted by atomic mass is 35.5. The Kier molecular flexibility index (Phi) is 6.93. The van der Waals surface area contributed by atoms with Crippen LogP contribution in [-0.2, 0) is 6.54 Å². The molecule has 2 aromatic carbocycles. The lowest BCUT2D eigenvalue weighted by atomic mass is 10.1. The molecule has 0 atom stereocenters. The van der Waals surface area contributed by atoms with Crippen molar-refractivity contribution < 1.29 is 4.79 Å². The number of nitrogens with zero attached hydrogens (tertiary/aromatic N) is 2. The molecule has 1 saturated heterocycles. The van der Waals surface area contributed by atoms with Crippen molar-refractivity contribution >= 4 is 41.5 Å². The van der Waals surface area contributed by atoms with Crippen LogP contribution in [0.5, 0.6) is 0 Å². The van der Waals surface area contributed by atoms with Gasteiger partial charge in [-0.2, -0.15) is 0 Å². The van der Waals surface area contributed by atoms with Crippen molar-refractivity contribution in [2.45, 2.75) is 6.54 Å². The van der Waals surface area contributed by atoms with Crippen LogP contribution in [0.1, 0.15) is 15.9 Å². The average molecular weight is 386 g/mol. The van der Waals surface area contributed by atoms with Gasteiger partial charge in [-0.1, -0.05) is 53.5 Å². The molecule has 1 heterocycles. The zero-order valence-electron chi connectivity index (χ0n) is 13.1. The average Bonchev–Trinajstić information content (AvgIpc) is 2.57. The largest absolute Gasteiger partial charge is 0.336 e. The van der Waals surface area contributed by atoms with Crippen LogP contribution in [0.15, 0.2) is 48.5 Å². The van der Waals surface area contributed by atoms with Crippen LogP contribution in [0.3, 0.4) is 0 Å². The van der Waals surface area contributed by atoms with Crippen LogP contribution >= 0.6 is 35.6 Å². The van der Waals surface area contributed by atoms with E-state index in [1.54, 1.807) is 12.1 Å². The Balaban J connectivity index is 0.00000208. The molecule has 0 saturated carbocycles. The minimum atomic E-state index is 0. The SMILES string of the molecule is Cl.O=C(c1ccccc1Cl)N1CCN(Cc2ccccc2Cl)CC1. The Morgan fingerprint density at radius 1 is 0.875 bits per heavy atom. The van der Waals surface area contributed by atoms with Crippen LogP contribution in [0.25, 0.3) is 0 Å². The number of piperazine rings is 1. The summed E-state index contributed by atoms with van der Waals surface area (Å²) in [6.07, 6.45) is 0. The summed E-state index contributed by atoms with van der Waals surface area (Å²) in [5, 5.41) is 1.30. The molecule has 0 aliphatic carbocycles. The van der Waals surface area contributed by atoms with Crippen molar-refractivity contribution in [3.8, 4) is 0 Å². The number of halogens is 3. The second-order valence-corrected chi connectivity index (χ2v) is 6.45. The number of hydrogen-bond acceptors (Lipinski definition) is 2. The van der Waals surface area contributed by atoms with Gasteiger partial charge in [0.05, 0.1) is 10.6 Å². The van der Waals surface area contributed by atoms with E-state index < -0.39 is 0 Å². The van der Waals surface area contributed by atoms with Crippen LogP contribution < -0.4 is 0 Å². The number of benzene rings is 2. The molecule has 0 spiro atoms. The quantitative estimate of drug-likeness (QED) is 0.783. The highest BCUT2D eigenvalue weighted by Crippen LogP contribution is 2.20. The molecular weight excluding hydrogens is 367 g/mol. The third-order valence-corrected chi connectivity index (χ3v) is 4.81. The molecule has 24 heavy (non-hydrogen) atoms. The lowest BCUT2D eigenvalue weighted by Crippen LogP contribution is -2.48. The second kappa shape index (κ2) is 8.72. The van der Waals surface area contributed by atoms with Crippen molar-refractivity contribution in [3.05, 3.63) is 69.7 Å². The summed E-state index contributed by atoms with van der Waals surface area (Å²) in [7, 11) is 0. The molecule has 128 valence electrons. The molecular formula is C18H19Cl3N2O. The van der Waals surface area contributed by atoms with Gasteiger partial charge in [0.2, 0.25) is 0 Å². The van der Waals surface area contributed by atoms with Crippen molar-refractivity contribution in [2.75, 3.05) is 26.2 Å². The number of carbonyl (C=O) groups excluding carboxylic acids is 1. The van der Waals surface area contributed by atoms with Gasteiger partial charge in [0.25, 0.3) is 5.91 Å². The molecule has 1 amide bonds. The zero-order chi connectivity index (χ0) is 16.2. The minimum absolute atomic E-state index is 0. The molecule has 3 nitrogen and oxygen atoms in total. The number of amides is 1. The van der Waals surface area contributed by atoms with Crippen molar-refractivity contribution in [1.29, 1.82) is 0 Å². The Morgan fingerprint density at radius 3 is 2.08 bits per heavy atom. The smallest absolute Gasteiger partial charge is 0.255 e. The van der Waals surface area contributed by atoms with Crippen molar-refractivity contribution in [3.63, 3.8) is 0 Å². The van der Waals surface area contributed by atoms with E-state index in [0.29, 0.717) is 23.7 Å². The van der Waals surface area contributed by atoms with E-state index in [4.69, 9.17) is 23.2 Å². The van der Waals surface area contributed by atoms with Gasteiger partial charge in [0, 0.05) is 37.7 Å². The third kappa shape index (κ3) is 4.42. The lowest BCUT2D eigenvalue weighted by Gasteiger charge is -2.35. The molecule has 1 fully saturated rings. The molecule has 2 aromatic rings. The van der Waals surface area contributed by atoms with Gasteiger partial charge in [-0.15, -0.1) is 12.4 Å². The van der Waals surface area contributed by atoms with E-state index in [2.05, 4.69) is 4.90 Å². The van der Waals surface area contributed by atoms with Gasteiger partial charge in [0.1, 0.15) is 0 Å². The van der Waals surface area contributed by atoms with Gasteiger partial charge in [-0.3, -0.25) is 9.69 Å². The van der Waals surface area contributed by atoms with E-state index in [-0.39, 0.29) is 18.3 Å². The minimum Gasteiger partial charge on any atom is -0.336 e.